The van der Waals surface area contributed by atoms with E-state index in [-0.39, 0.29) is 11.9 Å². The molecule has 0 bridgehead atoms. The van der Waals surface area contributed by atoms with Gasteiger partial charge in [0.2, 0.25) is 0 Å². The maximum absolute atomic E-state index is 11.7. The predicted octanol–water partition coefficient (Wildman–Crippen LogP) is -0.640. The summed E-state index contributed by atoms with van der Waals surface area (Å²) in [7, 11) is 0. The third kappa shape index (κ3) is 4.31. The van der Waals surface area contributed by atoms with Crippen molar-refractivity contribution in [2.45, 2.75) is 19.9 Å². The van der Waals surface area contributed by atoms with Crippen molar-refractivity contribution in [1.29, 1.82) is 0 Å². The molecule has 1 amide bonds. The quantitative estimate of drug-likeness (QED) is 0.776. The second-order valence-corrected chi connectivity index (χ2v) is 5.74. The molecule has 1 fully saturated rings. The van der Waals surface area contributed by atoms with Crippen LogP contribution in [0.5, 0.6) is 0 Å². The first-order valence-electron chi connectivity index (χ1n) is 6.91. The van der Waals surface area contributed by atoms with Crippen molar-refractivity contribution in [3.8, 4) is 0 Å². The van der Waals surface area contributed by atoms with Gasteiger partial charge < -0.3 is 15.1 Å². The van der Waals surface area contributed by atoms with Crippen LogP contribution in [0.25, 0.3) is 0 Å². The van der Waals surface area contributed by atoms with Crippen LogP contribution in [-0.4, -0.2) is 54.9 Å². The lowest BCUT2D eigenvalue weighted by molar-refractivity contribution is -0.892. The van der Waals surface area contributed by atoms with Gasteiger partial charge in [0.25, 0.3) is 5.91 Å². The van der Waals surface area contributed by atoms with E-state index in [0.717, 1.165) is 32.0 Å². The number of rotatable bonds is 4. The highest BCUT2D eigenvalue weighted by molar-refractivity contribution is 6.29. The van der Waals surface area contributed by atoms with Gasteiger partial charge in [-0.25, -0.2) is 0 Å². The lowest BCUT2D eigenvalue weighted by Gasteiger charge is -2.32. The van der Waals surface area contributed by atoms with Gasteiger partial charge in [-0.05, 0) is 26.0 Å². The van der Waals surface area contributed by atoms with Crippen LogP contribution in [0.3, 0.4) is 0 Å². The molecule has 1 aliphatic rings. The number of anilines is 1. The first kappa shape index (κ1) is 15.0. The Morgan fingerprint density at radius 2 is 2.10 bits per heavy atom. The minimum Gasteiger partial charge on any atom is -0.349 e. The van der Waals surface area contributed by atoms with Crippen LogP contribution >= 0.6 is 11.6 Å². The highest BCUT2D eigenvalue weighted by Crippen LogP contribution is 2.11. The van der Waals surface area contributed by atoms with E-state index in [1.54, 1.807) is 6.07 Å². The number of aromatic nitrogens is 2. The number of halogens is 1. The summed E-state index contributed by atoms with van der Waals surface area (Å²) >= 11 is 5.73. The van der Waals surface area contributed by atoms with Crippen LogP contribution in [0.2, 0.25) is 5.15 Å². The summed E-state index contributed by atoms with van der Waals surface area (Å²) in [6, 6.07) is 3.83. The maximum Gasteiger partial charge on any atom is 0.275 e. The van der Waals surface area contributed by atoms with Gasteiger partial charge in [-0.1, -0.05) is 11.6 Å². The molecule has 1 aromatic heterocycles. The van der Waals surface area contributed by atoms with E-state index in [1.807, 2.05) is 19.9 Å². The topological polar surface area (TPSA) is 62.6 Å². The Kier molecular flexibility index (Phi) is 5.14. The van der Waals surface area contributed by atoms with Gasteiger partial charge >= 0.3 is 0 Å². The molecule has 1 saturated heterocycles. The molecule has 0 saturated carbocycles. The van der Waals surface area contributed by atoms with Gasteiger partial charge in [0, 0.05) is 6.04 Å². The van der Waals surface area contributed by atoms with E-state index < -0.39 is 0 Å². The SMILES string of the molecule is CC(C)NC(=O)C[NH+]1CCN(c2ccc(Cl)nn2)CC1. The van der Waals surface area contributed by atoms with Crippen molar-refractivity contribution in [2.24, 2.45) is 0 Å². The van der Waals surface area contributed by atoms with Gasteiger partial charge in [0.05, 0.1) is 26.2 Å². The monoisotopic (exact) mass is 298 g/mol. The van der Waals surface area contributed by atoms with Gasteiger partial charge in [0.1, 0.15) is 0 Å². The largest absolute Gasteiger partial charge is 0.349 e. The highest BCUT2D eigenvalue weighted by atomic mass is 35.5. The van der Waals surface area contributed by atoms with E-state index >= 15 is 0 Å². The Balaban J connectivity index is 1.80. The molecular formula is C13H21ClN5O+. The molecule has 1 aliphatic heterocycles. The predicted molar refractivity (Wildman–Crippen MR) is 78.1 cm³/mol. The van der Waals surface area contributed by atoms with Crippen LogP contribution in [0, 0.1) is 0 Å². The average Bonchev–Trinajstić information content (AvgIpc) is 2.39. The molecule has 0 spiro atoms. The number of piperazine rings is 1. The van der Waals surface area contributed by atoms with Crippen molar-refractivity contribution in [1.82, 2.24) is 15.5 Å². The van der Waals surface area contributed by atoms with Crippen LogP contribution in [0.4, 0.5) is 5.82 Å². The normalized spacial score (nSPS) is 16.5. The summed E-state index contributed by atoms with van der Waals surface area (Å²) < 4.78 is 0. The number of carbonyl (C=O) groups excluding carboxylic acids is 1. The summed E-state index contributed by atoms with van der Waals surface area (Å²) in [5.41, 5.74) is 0. The fourth-order valence-corrected chi connectivity index (χ4v) is 2.41. The maximum atomic E-state index is 11.7. The molecule has 2 heterocycles. The molecule has 0 aromatic carbocycles. The molecular weight excluding hydrogens is 278 g/mol. The molecule has 0 unspecified atom stereocenters. The smallest absolute Gasteiger partial charge is 0.275 e. The third-order valence-corrected chi connectivity index (χ3v) is 3.47. The molecule has 1 aromatic rings. The lowest BCUT2D eigenvalue weighted by atomic mass is 10.3. The number of carbonyl (C=O) groups is 1. The Morgan fingerprint density at radius 1 is 1.40 bits per heavy atom. The van der Waals surface area contributed by atoms with Gasteiger partial charge in [-0.15, -0.1) is 10.2 Å². The van der Waals surface area contributed by atoms with Crippen molar-refractivity contribution in [3.63, 3.8) is 0 Å². The minimum atomic E-state index is 0.120. The average molecular weight is 299 g/mol. The van der Waals surface area contributed by atoms with Crippen LogP contribution in [-0.2, 0) is 4.79 Å². The second-order valence-electron chi connectivity index (χ2n) is 5.35. The van der Waals surface area contributed by atoms with Crippen LogP contribution < -0.4 is 15.1 Å². The zero-order chi connectivity index (χ0) is 14.5. The fourth-order valence-electron chi connectivity index (χ4n) is 2.31. The minimum absolute atomic E-state index is 0.120. The first-order valence-corrected chi connectivity index (χ1v) is 7.29. The van der Waals surface area contributed by atoms with E-state index in [9.17, 15) is 4.79 Å². The number of hydrogen-bond donors (Lipinski definition) is 2. The molecule has 2 rings (SSSR count). The standard InChI is InChI=1S/C13H20ClN5O/c1-10(2)15-13(20)9-18-5-7-19(8-6-18)12-4-3-11(14)16-17-12/h3-4,10H,5-9H2,1-2H3,(H,15,20)/p+1. The van der Waals surface area contributed by atoms with E-state index in [4.69, 9.17) is 11.6 Å². The summed E-state index contributed by atoms with van der Waals surface area (Å²) in [4.78, 5) is 15.2. The lowest BCUT2D eigenvalue weighted by Crippen LogP contribution is -3.16. The Morgan fingerprint density at radius 3 is 2.65 bits per heavy atom. The van der Waals surface area contributed by atoms with Gasteiger partial charge in [-0.2, -0.15) is 0 Å². The summed E-state index contributed by atoms with van der Waals surface area (Å²) in [6.07, 6.45) is 0. The molecule has 0 atom stereocenters. The van der Waals surface area contributed by atoms with Crippen LogP contribution in [0.1, 0.15) is 13.8 Å². The molecule has 20 heavy (non-hydrogen) atoms. The highest BCUT2D eigenvalue weighted by Gasteiger charge is 2.23. The zero-order valence-electron chi connectivity index (χ0n) is 11.9. The second kappa shape index (κ2) is 6.85. The summed E-state index contributed by atoms with van der Waals surface area (Å²) in [5.74, 6) is 0.967. The fraction of sp³-hybridized carbons (Fsp3) is 0.615. The van der Waals surface area contributed by atoms with Crippen molar-refractivity contribution in [2.75, 3.05) is 37.6 Å². The number of quaternary nitrogens is 1. The van der Waals surface area contributed by atoms with Crippen molar-refractivity contribution < 1.29 is 9.69 Å². The van der Waals surface area contributed by atoms with Crippen LogP contribution in [0.15, 0.2) is 12.1 Å². The number of nitrogens with zero attached hydrogens (tertiary/aromatic N) is 3. The summed E-state index contributed by atoms with van der Waals surface area (Å²) in [5, 5.41) is 11.3. The Hall–Kier alpha value is -1.40. The number of nitrogens with one attached hydrogen (secondary N) is 2. The zero-order valence-corrected chi connectivity index (χ0v) is 12.7. The Bertz CT molecular complexity index is 443. The van der Waals surface area contributed by atoms with Crippen molar-refractivity contribution >= 4 is 23.3 Å². The van der Waals surface area contributed by atoms with E-state index in [2.05, 4.69) is 20.4 Å². The number of amides is 1. The molecule has 0 radical (unpaired) electrons. The summed E-state index contributed by atoms with van der Waals surface area (Å²) in [6.45, 7) is 8.10. The van der Waals surface area contributed by atoms with Gasteiger partial charge in [0.15, 0.2) is 17.5 Å². The number of hydrogen-bond acceptors (Lipinski definition) is 4. The molecule has 110 valence electrons. The molecule has 2 N–H and O–H groups in total. The van der Waals surface area contributed by atoms with Crippen molar-refractivity contribution in [3.05, 3.63) is 17.3 Å². The molecule has 0 aliphatic carbocycles. The Labute approximate surface area is 124 Å². The molecule has 7 heteroatoms. The third-order valence-electron chi connectivity index (χ3n) is 3.27. The van der Waals surface area contributed by atoms with E-state index in [1.165, 1.54) is 4.90 Å². The molecule has 6 nitrogen and oxygen atoms in total. The van der Waals surface area contributed by atoms with Gasteiger partial charge in [-0.3, -0.25) is 4.79 Å². The first-order chi connectivity index (χ1) is 9.54. The van der Waals surface area contributed by atoms with E-state index in [0.29, 0.717) is 11.7 Å².